The van der Waals surface area contributed by atoms with E-state index in [1.54, 1.807) is 34.9 Å². The largest absolute Gasteiger partial charge is 0.508 e. The molecule has 2 aromatic rings. The van der Waals surface area contributed by atoms with Crippen molar-refractivity contribution in [2.75, 3.05) is 11.1 Å². The number of hydrogen-bond donors (Lipinski definition) is 2. The summed E-state index contributed by atoms with van der Waals surface area (Å²) in [5.74, 6) is 0.333. The van der Waals surface area contributed by atoms with Gasteiger partial charge in [-0.25, -0.2) is 0 Å². The molecule has 0 saturated carbocycles. The van der Waals surface area contributed by atoms with Crippen LogP contribution < -0.4 is 5.32 Å². The van der Waals surface area contributed by atoms with Crippen molar-refractivity contribution in [2.24, 2.45) is 0 Å². The first kappa shape index (κ1) is 14.1. The molecule has 6 heteroatoms. The molecule has 116 valence electrons. The Balaban J connectivity index is 1.58. The fourth-order valence-corrected chi connectivity index (χ4v) is 4.52. The van der Waals surface area contributed by atoms with Gasteiger partial charge in [0.2, 0.25) is 5.91 Å². The number of phenols is 1. The van der Waals surface area contributed by atoms with Crippen LogP contribution >= 0.6 is 11.8 Å². The first-order valence-corrected chi connectivity index (χ1v) is 8.33. The lowest BCUT2D eigenvalue weighted by atomic mass is 10.1. The average Bonchev–Trinajstić information content (AvgIpc) is 3.09. The maximum Gasteiger partial charge on any atom is 0.256 e. The molecule has 2 amide bonds. The second kappa shape index (κ2) is 5.31. The highest BCUT2D eigenvalue weighted by Gasteiger charge is 2.48. The predicted molar refractivity (Wildman–Crippen MR) is 88.3 cm³/mol. The quantitative estimate of drug-likeness (QED) is 0.890. The molecule has 5 nitrogen and oxygen atoms in total. The van der Waals surface area contributed by atoms with Crippen LogP contribution in [0, 0.1) is 0 Å². The number of nitrogens with one attached hydrogen (secondary N) is 1. The molecule has 0 spiro atoms. The Kier molecular flexibility index (Phi) is 3.27. The molecule has 2 aliphatic rings. The summed E-state index contributed by atoms with van der Waals surface area (Å²) in [5, 5.41) is 12.2. The molecule has 0 aromatic heterocycles. The van der Waals surface area contributed by atoms with Crippen LogP contribution in [-0.4, -0.2) is 33.6 Å². The van der Waals surface area contributed by atoms with Crippen LogP contribution in [0.4, 0.5) is 5.69 Å². The molecule has 1 saturated heterocycles. The van der Waals surface area contributed by atoms with Crippen molar-refractivity contribution in [1.82, 2.24) is 4.90 Å². The fraction of sp³-hybridized carbons (Fsp3) is 0.176. The molecular formula is C17H14N2O3S. The summed E-state index contributed by atoms with van der Waals surface area (Å²) in [6.45, 7) is 0. The van der Waals surface area contributed by atoms with E-state index in [2.05, 4.69) is 5.32 Å². The molecule has 2 unspecified atom stereocenters. The lowest BCUT2D eigenvalue weighted by Gasteiger charge is -2.22. The first-order chi connectivity index (χ1) is 11.1. The summed E-state index contributed by atoms with van der Waals surface area (Å²) in [5.41, 5.74) is 2.18. The molecule has 2 heterocycles. The number of fused-ring (bicyclic) bond motifs is 3. The molecule has 0 radical (unpaired) electrons. The number of carbonyl (C=O) groups is 2. The zero-order valence-electron chi connectivity index (χ0n) is 12.1. The fourth-order valence-electron chi connectivity index (χ4n) is 3.05. The van der Waals surface area contributed by atoms with E-state index in [0.717, 1.165) is 5.56 Å². The van der Waals surface area contributed by atoms with Gasteiger partial charge in [-0.2, -0.15) is 0 Å². The zero-order valence-corrected chi connectivity index (χ0v) is 12.9. The van der Waals surface area contributed by atoms with E-state index in [-0.39, 0.29) is 22.9 Å². The van der Waals surface area contributed by atoms with E-state index in [4.69, 9.17) is 0 Å². The number of thioether (sulfide) groups is 1. The summed E-state index contributed by atoms with van der Waals surface area (Å²) in [6.07, 6.45) is 0. The third-order valence-corrected chi connectivity index (χ3v) is 5.41. The van der Waals surface area contributed by atoms with Gasteiger partial charge in [-0.05, 0) is 23.8 Å². The van der Waals surface area contributed by atoms with Gasteiger partial charge in [-0.15, -0.1) is 11.8 Å². The Morgan fingerprint density at radius 3 is 2.87 bits per heavy atom. The van der Waals surface area contributed by atoms with Gasteiger partial charge in [0.1, 0.15) is 17.2 Å². The van der Waals surface area contributed by atoms with E-state index in [0.29, 0.717) is 17.0 Å². The van der Waals surface area contributed by atoms with Gasteiger partial charge in [-0.1, -0.05) is 24.3 Å². The van der Waals surface area contributed by atoms with Crippen LogP contribution in [0.25, 0.3) is 0 Å². The van der Waals surface area contributed by atoms with Crippen molar-refractivity contribution < 1.29 is 14.7 Å². The summed E-state index contributed by atoms with van der Waals surface area (Å²) < 4.78 is 0. The van der Waals surface area contributed by atoms with Gasteiger partial charge in [0, 0.05) is 23.1 Å². The van der Waals surface area contributed by atoms with E-state index in [1.165, 1.54) is 12.1 Å². The molecule has 2 aliphatic heterocycles. The lowest BCUT2D eigenvalue weighted by molar-refractivity contribution is -0.119. The zero-order chi connectivity index (χ0) is 16.0. The van der Waals surface area contributed by atoms with Gasteiger partial charge in [0.25, 0.3) is 5.91 Å². The molecule has 23 heavy (non-hydrogen) atoms. The predicted octanol–water partition coefficient (Wildman–Crippen LogP) is 2.60. The minimum atomic E-state index is -0.507. The standard InChI is InChI=1S/C17H14N2O3S/c20-11-5-3-4-10(8-11)18-15(21)14-9-23-17-13-7-2-1-6-12(13)16(22)19(14)17/h1-8,14,17,20H,9H2,(H,18,21). The molecule has 2 aromatic carbocycles. The second-order valence-corrected chi connectivity index (χ2v) is 6.65. The molecule has 0 bridgehead atoms. The van der Waals surface area contributed by atoms with Crippen molar-refractivity contribution in [2.45, 2.75) is 11.4 Å². The normalized spacial score (nSPS) is 21.9. The van der Waals surface area contributed by atoms with E-state index >= 15 is 0 Å². The SMILES string of the molecule is O=C(Nc1cccc(O)c1)C1CSC2c3ccccc3C(=O)N12. The topological polar surface area (TPSA) is 69.6 Å². The highest BCUT2D eigenvalue weighted by Crippen LogP contribution is 2.48. The number of phenolic OH excluding ortho intramolecular Hbond substituents is 1. The number of aromatic hydroxyl groups is 1. The molecule has 2 N–H and O–H groups in total. The third-order valence-electron chi connectivity index (χ3n) is 4.11. The maximum atomic E-state index is 12.6. The molecule has 2 atom stereocenters. The van der Waals surface area contributed by atoms with E-state index < -0.39 is 6.04 Å². The van der Waals surface area contributed by atoms with Crippen LogP contribution in [-0.2, 0) is 4.79 Å². The molecular weight excluding hydrogens is 312 g/mol. The molecule has 1 fully saturated rings. The number of carbonyl (C=O) groups excluding carboxylic acids is 2. The lowest BCUT2D eigenvalue weighted by Crippen LogP contribution is -2.42. The summed E-state index contributed by atoms with van der Waals surface area (Å²) in [6, 6.07) is 13.4. The highest BCUT2D eigenvalue weighted by molar-refractivity contribution is 7.99. The molecule has 0 aliphatic carbocycles. The van der Waals surface area contributed by atoms with Crippen molar-refractivity contribution in [3.05, 3.63) is 59.7 Å². The van der Waals surface area contributed by atoms with Gasteiger partial charge < -0.3 is 15.3 Å². The minimum absolute atomic E-state index is 0.0846. The van der Waals surface area contributed by atoms with Crippen molar-refractivity contribution in [3.63, 3.8) is 0 Å². The Morgan fingerprint density at radius 1 is 1.22 bits per heavy atom. The monoisotopic (exact) mass is 326 g/mol. The van der Waals surface area contributed by atoms with E-state index in [9.17, 15) is 14.7 Å². The molecule has 4 rings (SSSR count). The number of benzene rings is 2. The van der Waals surface area contributed by atoms with Crippen LogP contribution in [0.2, 0.25) is 0 Å². The summed E-state index contributed by atoms with van der Waals surface area (Å²) >= 11 is 1.60. The van der Waals surface area contributed by atoms with Crippen molar-refractivity contribution in [3.8, 4) is 5.75 Å². The summed E-state index contributed by atoms with van der Waals surface area (Å²) in [7, 11) is 0. The first-order valence-electron chi connectivity index (χ1n) is 7.28. The number of nitrogens with zero attached hydrogens (tertiary/aromatic N) is 1. The van der Waals surface area contributed by atoms with Crippen LogP contribution in [0.3, 0.4) is 0 Å². The smallest absolute Gasteiger partial charge is 0.256 e. The van der Waals surface area contributed by atoms with Gasteiger partial charge in [0.15, 0.2) is 0 Å². The average molecular weight is 326 g/mol. The van der Waals surface area contributed by atoms with Crippen LogP contribution in [0.5, 0.6) is 5.75 Å². The number of amides is 2. The highest BCUT2D eigenvalue weighted by atomic mass is 32.2. The maximum absolute atomic E-state index is 12.6. The van der Waals surface area contributed by atoms with Crippen LogP contribution in [0.1, 0.15) is 21.3 Å². The Morgan fingerprint density at radius 2 is 2.04 bits per heavy atom. The number of anilines is 1. The van der Waals surface area contributed by atoms with Crippen molar-refractivity contribution in [1.29, 1.82) is 0 Å². The van der Waals surface area contributed by atoms with Gasteiger partial charge in [0.05, 0.1) is 0 Å². The Bertz CT molecular complexity index is 808. The minimum Gasteiger partial charge on any atom is -0.508 e. The Hall–Kier alpha value is -2.47. The van der Waals surface area contributed by atoms with Crippen molar-refractivity contribution >= 4 is 29.3 Å². The van der Waals surface area contributed by atoms with E-state index in [1.807, 2.05) is 18.2 Å². The third kappa shape index (κ3) is 2.26. The Labute approximate surface area is 137 Å². The number of rotatable bonds is 2. The van der Waals surface area contributed by atoms with Gasteiger partial charge >= 0.3 is 0 Å². The van der Waals surface area contributed by atoms with Crippen LogP contribution in [0.15, 0.2) is 48.5 Å². The second-order valence-electron chi connectivity index (χ2n) is 5.54. The summed E-state index contributed by atoms with van der Waals surface area (Å²) in [4.78, 5) is 26.8. The van der Waals surface area contributed by atoms with Gasteiger partial charge in [-0.3, -0.25) is 9.59 Å². The number of hydrogen-bond acceptors (Lipinski definition) is 4.